The second kappa shape index (κ2) is 6.22. The van der Waals surface area contributed by atoms with Gasteiger partial charge in [0, 0.05) is 29.6 Å². The highest BCUT2D eigenvalue weighted by Gasteiger charge is 2.12. The van der Waals surface area contributed by atoms with Gasteiger partial charge in [0.05, 0.1) is 7.11 Å². The van der Waals surface area contributed by atoms with Gasteiger partial charge in [-0.2, -0.15) is 0 Å². The molecule has 2 aromatic carbocycles. The summed E-state index contributed by atoms with van der Waals surface area (Å²) in [6.07, 6.45) is 3.08. The van der Waals surface area contributed by atoms with Crippen LogP contribution >= 0.6 is 0 Å². The normalized spacial score (nSPS) is 12.4. The maximum absolute atomic E-state index is 12.0. The molecule has 22 heavy (non-hydrogen) atoms. The molecule has 0 aliphatic carbocycles. The molecule has 0 amide bonds. The Morgan fingerprint density at radius 2 is 1.91 bits per heavy atom. The van der Waals surface area contributed by atoms with E-state index in [0.29, 0.717) is 11.3 Å². The number of rotatable bonds is 5. The Kier molecular flexibility index (Phi) is 3.96. The summed E-state index contributed by atoms with van der Waals surface area (Å²) in [5.74, 6) is 2.05. The average molecular weight is 297 g/mol. The Balaban J connectivity index is 1.62. The molecule has 0 bridgehead atoms. The fourth-order valence-corrected chi connectivity index (χ4v) is 2.05. The molecule has 1 aliphatic rings. The Morgan fingerprint density at radius 3 is 2.68 bits per heavy atom. The van der Waals surface area contributed by atoms with Crippen molar-refractivity contribution in [3.8, 4) is 17.2 Å². The fourth-order valence-electron chi connectivity index (χ4n) is 2.05. The van der Waals surface area contributed by atoms with Crippen LogP contribution in [0.25, 0.3) is 0 Å². The highest BCUT2D eigenvalue weighted by atomic mass is 16.7. The maximum Gasteiger partial charge on any atom is 0.231 e. The zero-order valence-electron chi connectivity index (χ0n) is 12.0. The third-order valence-corrected chi connectivity index (χ3v) is 3.23. The van der Waals surface area contributed by atoms with Gasteiger partial charge >= 0.3 is 0 Å². The van der Waals surface area contributed by atoms with Crippen molar-refractivity contribution in [1.82, 2.24) is 0 Å². The van der Waals surface area contributed by atoms with Gasteiger partial charge in [-0.25, -0.2) is 0 Å². The molecule has 0 unspecified atom stereocenters. The highest BCUT2D eigenvalue weighted by molar-refractivity contribution is 6.04. The number of allylic oxidation sites excluding steroid dienone is 1. The van der Waals surface area contributed by atoms with Gasteiger partial charge in [0.1, 0.15) is 5.75 Å². The summed E-state index contributed by atoms with van der Waals surface area (Å²) in [5, 5.41) is 3.04. The minimum atomic E-state index is -0.0871. The van der Waals surface area contributed by atoms with E-state index in [1.807, 2.05) is 18.2 Å². The number of methoxy groups -OCH3 is 1. The van der Waals surface area contributed by atoms with E-state index in [4.69, 9.17) is 14.2 Å². The van der Waals surface area contributed by atoms with Crippen LogP contribution < -0.4 is 19.5 Å². The van der Waals surface area contributed by atoms with Crippen molar-refractivity contribution >= 4 is 11.5 Å². The molecule has 0 radical (unpaired) electrons. The minimum Gasteiger partial charge on any atom is -0.497 e. The van der Waals surface area contributed by atoms with Gasteiger partial charge in [-0.1, -0.05) is 0 Å². The van der Waals surface area contributed by atoms with Crippen LogP contribution in [0.2, 0.25) is 0 Å². The molecular formula is C17H15NO4. The molecule has 1 N–H and O–H groups in total. The van der Waals surface area contributed by atoms with Gasteiger partial charge in [-0.3, -0.25) is 4.79 Å². The van der Waals surface area contributed by atoms with E-state index >= 15 is 0 Å². The molecule has 0 saturated carbocycles. The second-order valence-corrected chi connectivity index (χ2v) is 4.64. The Hall–Kier alpha value is -2.95. The number of carbonyl (C=O) groups excluding carboxylic acids is 1. The van der Waals surface area contributed by atoms with Crippen molar-refractivity contribution in [3.05, 3.63) is 60.3 Å². The van der Waals surface area contributed by atoms with E-state index in [9.17, 15) is 4.79 Å². The van der Waals surface area contributed by atoms with Crippen molar-refractivity contribution < 1.29 is 19.0 Å². The summed E-state index contributed by atoms with van der Waals surface area (Å²) in [4.78, 5) is 12.0. The number of benzene rings is 2. The smallest absolute Gasteiger partial charge is 0.231 e. The number of nitrogens with one attached hydrogen (secondary N) is 1. The molecule has 5 heteroatoms. The Labute approximate surface area is 128 Å². The van der Waals surface area contributed by atoms with Crippen LogP contribution in [0.5, 0.6) is 17.2 Å². The first kappa shape index (κ1) is 14.0. The number of ether oxygens (including phenoxy) is 3. The standard InChI is InChI=1S/C17H15NO4/c1-20-14-5-2-12(3-6-14)15(19)8-9-18-13-4-7-16-17(10-13)22-11-21-16/h2-10,18H,11H2,1H3. The summed E-state index contributed by atoms with van der Waals surface area (Å²) in [6, 6.07) is 12.5. The summed E-state index contributed by atoms with van der Waals surface area (Å²) in [5.41, 5.74) is 1.42. The predicted octanol–water partition coefficient (Wildman–Crippen LogP) is 3.23. The van der Waals surface area contributed by atoms with Gasteiger partial charge in [-0.15, -0.1) is 0 Å². The highest BCUT2D eigenvalue weighted by Crippen LogP contribution is 2.34. The number of hydrogen-bond acceptors (Lipinski definition) is 5. The van der Waals surface area contributed by atoms with Gasteiger partial charge in [0.25, 0.3) is 0 Å². The molecule has 0 saturated heterocycles. The fraction of sp³-hybridized carbons (Fsp3) is 0.118. The molecule has 0 spiro atoms. The molecule has 112 valence electrons. The number of carbonyl (C=O) groups is 1. The van der Waals surface area contributed by atoms with E-state index in [1.165, 1.54) is 6.08 Å². The third-order valence-electron chi connectivity index (χ3n) is 3.23. The lowest BCUT2D eigenvalue weighted by molar-refractivity contribution is 0.104. The molecule has 0 fully saturated rings. The molecule has 5 nitrogen and oxygen atoms in total. The van der Waals surface area contributed by atoms with Gasteiger partial charge in [0.2, 0.25) is 6.79 Å². The number of anilines is 1. The van der Waals surface area contributed by atoms with Crippen LogP contribution in [0.4, 0.5) is 5.69 Å². The lowest BCUT2D eigenvalue weighted by Gasteiger charge is -2.02. The number of ketones is 1. The first-order valence-corrected chi connectivity index (χ1v) is 6.77. The molecule has 0 aromatic heterocycles. The first-order chi connectivity index (χ1) is 10.8. The zero-order valence-corrected chi connectivity index (χ0v) is 12.0. The van der Waals surface area contributed by atoms with Crippen molar-refractivity contribution in [2.75, 3.05) is 19.2 Å². The van der Waals surface area contributed by atoms with Gasteiger partial charge in [-0.05, 0) is 36.4 Å². The summed E-state index contributed by atoms with van der Waals surface area (Å²) in [7, 11) is 1.59. The molecule has 1 aliphatic heterocycles. The summed E-state index contributed by atoms with van der Waals surface area (Å²) < 4.78 is 15.6. The SMILES string of the molecule is COc1ccc(C(=O)C=CNc2ccc3c(c2)OCO3)cc1. The van der Waals surface area contributed by atoms with Gasteiger partial charge in [0.15, 0.2) is 17.3 Å². The minimum absolute atomic E-state index is 0.0871. The van der Waals surface area contributed by atoms with Crippen LogP contribution in [0.15, 0.2) is 54.7 Å². The van der Waals surface area contributed by atoms with Crippen molar-refractivity contribution in [2.45, 2.75) is 0 Å². The van der Waals surface area contributed by atoms with Crippen LogP contribution in [0, 0.1) is 0 Å². The Bertz CT molecular complexity index is 707. The quantitative estimate of drug-likeness (QED) is 0.678. The first-order valence-electron chi connectivity index (χ1n) is 6.77. The lowest BCUT2D eigenvalue weighted by Crippen LogP contribution is -1.96. The number of hydrogen-bond donors (Lipinski definition) is 1. The molecule has 2 aromatic rings. The summed E-state index contributed by atoms with van der Waals surface area (Å²) >= 11 is 0. The molecular weight excluding hydrogens is 282 g/mol. The second-order valence-electron chi connectivity index (χ2n) is 4.64. The van der Waals surface area contributed by atoms with E-state index in [1.54, 1.807) is 37.6 Å². The van der Waals surface area contributed by atoms with Crippen LogP contribution in [-0.2, 0) is 0 Å². The van der Waals surface area contributed by atoms with Crippen molar-refractivity contribution in [3.63, 3.8) is 0 Å². The van der Waals surface area contributed by atoms with E-state index in [2.05, 4.69) is 5.32 Å². The number of fused-ring (bicyclic) bond motifs is 1. The van der Waals surface area contributed by atoms with Crippen LogP contribution in [0.1, 0.15) is 10.4 Å². The van der Waals surface area contributed by atoms with E-state index in [-0.39, 0.29) is 12.6 Å². The van der Waals surface area contributed by atoms with Gasteiger partial charge < -0.3 is 19.5 Å². The maximum atomic E-state index is 12.0. The monoisotopic (exact) mass is 297 g/mol. The average Bonchev–Trinajstić information content (AvgIpc) is 3.02. The molecule has 1 heterocycles. The Morgan fingerprint density at radius 1 is 1.14 bits per heavy atom. The predicted molar refractivity (Wildman–Crippen MR) is 82.7 cm³/mol. The molecule has 0 atom stereocenters. The van der Waals surface area contributed by atoms with Crippen LogP contribution in [0.3, 0.4) is 0 Å². The van der Waals surface area contributed by atoms with Crippen molar-refractivity contribution in [2.24, 2.45) is 0 Å². The third kappa shape index (κ3) is 3.03. The van der Waals surface area contributed by atoms with E-state index < -0.39 is 0 Å². The molecule has 3 rings (SSSR count). The topological polar surface area (TPSA) is 56.8 Å². The van der Waals surface area contributed by atoms with Crippen molar-refractivity contribution in [1.29, 1.82) is 0 Å². The summed E-state index contributed by atoms with van der Waals surface area (Å²) in [6.45, 7) is 0.241. The zero-order chi connectivity index (χ0) is 15.4. The lowest BCUT2D eigenvalue weighted by atomic mass is 10.1. The largest absolute Gasteiger partial charge is 0.497 e. The van der Waals surface area contributed by atoms with Crippen LogP contribution in [-0.4, -0.2) is 19.7 Å². The van der Waals surface area contributed by atoms with E-state index in [0.717, 1.165) is 17.2 Å².